The molecule has 0 fully saturated rings. The van der Waals surface area contributed by atoms with Crippen molar-refractivity contribution in [1.29, 1.82) is 0 Å². The SMILES string of the molecule is CCOC(=O)Cc1ncc(Cl)c(CBr)c1C(F)F. The minimum atomic E-state index is -2.74. The Bertz CT molecular complexity index is 443. The molecule has 1 aromatic rings. The molecule has 0 spiro atoms. The van der Waals surface area contributed by atoms with Crippen molar-refractivity contribution >= 4 is 33.5 Å². The lowest BCUT2D eigenvalue weighted by molar-refractivity contribution is -0.142. The molecule has 0 aliphatic heterocycles. The molecular weight excluding hydrogens is 331 g/mol. The number of esters is 1. The second kappa shape index (κ2) is 6.99. The van der Waals surface area contributed by atoms with Gasteiger partial charge in [-0.25, -0.2) is 8.78 Å². The molecule has 0 atom stereocenters. The minimum Gasteiger partial charge on any atom is -0.466 e. The number of halogens is 4. The normalized spacial score (nSPS) is 10.8. The van der Waals surface area contributed by atoms with E-state index in [4.69, 9.17) is 16.3 Å². The molecule has 0 saturated carbocycles. The van der Waals surface area contributed by atoms with E-state index in [1.807, 2.05) is 0 Å². The van der Waals surface area contributed by atoms with Crippen LogP contribution in [0.4, 0.5) is 8.78 Å². The second-order valence-corrected chi connectivity index (χ2v) is 4.33. The Morgan fingerprint density at radius 2 is 2.28 bits per heavy atom. The second-order valence-electron chi connectivity index (χ2n) is 3.36. The molecule has 0 saturated heterocycles. The van der Waals surface area contributed by atoms with Gasteiger partial charge < -0.3 is 4.74 Å². The quantitative estimate of drug-likeness (QED) is 0.605. The van der Waals surface area contributed by atoms with Crippen LogP contribution in [0, 0.1) is 0 Å². The van der Waals surface area contributed by atoms with Gasteiger partial charge in [0.1, 0.15) is 0 Å². The largest absolute Gasteiger partial charge is 0.466 e. The van der Waals surface area contributed by atoms with Gasteiger partial charge >= 0.3 is 5.97 Å². The first-order valence-corrected chi connectivity index (χ1v) is 6.67. The van der Waals surface area contributed by atoms with Crippen LogP contribution in [0.25, 0.3) is 0 Å². The van der Waals surface area contributed by atoms with Crippen molar-refractivity contribution in [3.63, 3.8) is 0 Å². The number of carbonyl (C=O) groups excluding carboxylic acids is 1. The van der Waals surface area contributed by atoms with Crippen molar-refractivity contribution < 1.29 is 18.3 Å². The van der Waals surface area contributed by atoms with Gasteiger partial charge in [-0.05, 0) is 12.5 Å². The Hall–Kier alpha value is -0.750. The molecule has 0 N–H and O–H groups in total. The highest BCUT2D eigenvalue weighted by Gasteiger charge is 2.22. The van der Waals surface area contributed by atoms with Crippen LogP contribution in [-0.4, -0.2) is 17.6 Å². The van der Waals surface area contributed by atoms with Crippen LogP contribution in [-0.2, 0) is 21.3 Å². The minimum absolute atomic E-state index is 0.00213. The van der Waals surface area contributed by atoms with E-state index in [-0.39, 0.29) is 40.2 Å². The standard InChI is InChI=1S/C11H11BrClF2NO2/c1-2-18-9(17)3-8-10(11(14)15)6(4-12)7(13)5-16-8/h5,11H,2-4H2,1H3. The van der Waals surface area contributed by atoms with Gasteiger partial charge in [-0.15, -0.1) is 0 Å². The number of hydrogen-bond acceptors (Lipinski definition) is 3. The molecule has 0 aromatic carbocycles. The summed E-state index contributed by atoms with van der Waals surface area (Å²) in [4.78, 5) is 15.1. The van der Waals surface area contributed by atoms with E-state index in [0.717, 1.165) is 0 Å². The Morgan fingerprint density at radius 1 is 1.61 bits per heavy atom. The molecule has 1 aromatic heterocycles. The van der Waals surface area contributed by atoms with E-state index < -0.39 is 12.4 Å². The fraction of sp³-hybridized carbons (Fsp3) is 0.455. The average molecular weight is 343 g/mol. The van der Waals surface area contributed by atoms with Gasteiger partial charge in [-0.3, -0.25) is 9.78 Å². The monoisotopic (exact) mass is 341 g/mol. The van der Waals surface area contributed by atoms with Gasteiger partial charge in [0.25, 0.3) is 6.43 Å². The van der Waals surface area contributed by atoms with E-state index >= 15 is 0 Å². The summed E-state index contributed by atoms with van der Waals surface area (Å²) in [6.07, 6.45) is -1.77. The Balaban J connectivity index is 3.15. The number of ether oxygens (including phenoxy) is 1. The van der Waals surface area contributed by atoms with Gasteiger partial charge in [-0.1, -0.05) is 27.5 Å². The van der Waals surface area contributed by atoms with Crippen LogP contribution >= 0.6 is 27.5 Å². The zero-order chi connectivity index (χ0) is 13.7. The number of aromatic nitrogens is 1. The molecule has 7 heteroatoms. The van der Waals surface area contributed by atoms with Crippen molar-refractivity contribution in [2.24, 2.45) is 0 Å². The highest BCUT2D eigenvalue weighted by Crippen LogP contribution is 2.32. The van der Waals surface area contributed by atoms with Crippen LogP contribution in [0.1, 0.15) is 30.2 Å². The van der Waals surface area contributed by atoms with Gasteiger partial charge in [0.05, 0.1) is 23.7 Å². The molecule has 18 heavy (non-hydrogen) atoms. The topological polar surface area (TPSA) is 39.2 Å². The molecule has 0 bridgehead atoms. The van der Waals surface area contributed by atoms with Crippen molar-refractivity contribution in [3.8, 4) is 0 Å². The Kier molecular flexibility index (Phi) is 5.95. The number of carbonyl (C=O) groups is 1. The predicted octanol–water partition coefficient (Wildman–Crippen LogP) is 3.67. The number of nitrogens with zero attached hydrogens (tertiary/aromatic N) is 1. The molecule has 1 rings (SSSR count). The van der Waals surface area contributed by atoms with Crippen molar-refractivity contribution in [3.05, 3.63) is 28.0 Å². The van der Waals surface area contributed by atoms with Crippen LogP contribution in [0.5, 0.6) is 0 Å². The number of rotatable bonds is 5. The average Bonchev–Trinajstić information content (AvgIpc) is 2.30. The number of hydrogen-bond donors (Lipinski definition) is 0. The summed E-state index contributed by atoms with van der Waals surface area (Å²) >= 11 is 8.90. The summed E-state index contributed by atoms with van der Waals surface area (Å²) in [7, 11) is 0. The van der Waals surface area contributed by atoms with E-state index in [9.17, 15) is 13.6 Å². The van der Waals surface area contributed by atoms with Crippen LogP contribution in [0.3, 0.4) is 0 Å². The zero-order valence-electron chi connectivity index (χ0n) is 9.55. The van der Waals surface area contributed by atoms with E-state index in [1.165, 1.54) is 6.20 Å². The summed E-state index contributed by atoms with van der Waals surface area (Å²) in [5, 5.41) is 0.318. The smallest absolute Gasteiger partial charge is 0.311 e. The van der Waals surface area contributed by atoms with Crippen LogP contribution in [0.2, 0.25) is 5.02 Å². The number of pyridine rings is 1. The first-order chi connectivity index (χ1) is 8.51. The van der Waals surface area contributed by atoms with Crippen LogP contribution < -0.4 is 0 Å². The summed E-state index contributed by atoms with van der Waals surface area (Å²) in [6.45, 7) is 1.84. The maximum atomic E-state index is 13.0. The first kappa shape index (κ1) is 15.3. The molecule has 0 unspecified atom stereocenters. The van der Waals surface area contributed by atoms with E-state index in [1.54, 1.807) is 6.92 Å². The fourth-order valence-electron chi connectivity index (χ4n) is 1.47. The third-order valence-electron chi connectivity index (χ3n) is 2.23. The van der Waals surface area contributed by atoms with Crippen molar-refractivity contribution in [2.75, 3.05) is 6.61 Å². The third kappa shape index (κ3) is 3.62. The molecule has 100 valence electrons. The van der Waals surface area contributed by atoms with E-state index in [2.05, 4.69) is 20.9 Å². The summed E-state index contributed by atoms with van der Waals surface area (Å²) in [5.74, 6) is -0.588. The van der Waals surface area contributed by atoms with Crippen LogP contribution in [0.15, 0.2) is 6.20 Å². The molecule has 0 aliphatic rings. The molecular formula is C11H11BrClF2NO2. The highest BCUT2D eigenvalue weighted by molar-refractivity contribution is 9.08. The predicted molar refractivity (Wildman–Crippen MR) is 67.2 cm³/mol. The molecule has 0 aliphatic carbocycles. The van der Waals surface area contributed by atoms with Gasteiger partial charge in [0.15, 0.2) is 0 Å². The maximum absolute atomic E-state index is 13.0. The summed E-state index contributed by atoms with van der Waals surface area (Å²) in [5.41, 5.74) is -0.0457. The number of alkyl halides is 3. The lowest BCUT2D eigenvalue weighted by Gasteiger charge is -2.13. The molecule has 1 heterocycles. The van der Waals surface area contributed by atoms with Gasteiger partial charge in [0.2, 0.25) is 0 Å². The lowest BCUT2D eigenvalue weighted by atomic mass is 10.1. The molecule has 3 nitrogen and oxygen atoms in total. The third-order valence-corrected chi connectivity index (χ3v) is 3.11. The zero-order valence-corrected chi connectivity index (χ0v) is 11.9. The fourth-order valence-corrected chi connectivity index (χ4v) is 2.45. The highest BCUT2D eigenvalue weighted by atomic mass is 79.9. The maximum Gasteiger partial charge on any atom is 0.311 e. The van der Waals surface area contributed by atoms with E-state index in [0.29, 0.717) is 0 Å². The Labute approximate surface area is 117 Å². The first-order valence-electron chi connectivity index (χ1n) is 5.17. The molecule has 0 amide bonds. The lowest BCUT2D eigenvalue weighted by Crippen LogP contribution is -2.12. The van der Waals surface area contributed by atoms with Crippen molar-refractivity contribution in [2.45, 2.75) is 25.1 Å². The van der Waals surface area contributed by atoms with Crippen molar-refractivity contribution in [1.82, 2.24) is 4.98 Å². The Morgan fingerprint density at radius 3 is 2.78 bits per heavy atom. The summed E-state index contributed by atoms with van der Waals surface area (Å²) in [6, 6.07) is 0. The van der Waals surface area contributed by atoms with Gasteiger partial charge in [0, 0.05) is 17.1 Å². The molecule has 0 radical (unpaired) electrons. The van der Waals surface area contributed by atoms with Gasteiger partial charge in [-0.2, -0.15) is 0 Å². The summed E-state index contributed by atoms with van der Waals surface area (Å²) < 4.78 is 30.8.